The maximum absolute atomic E-state index is 11.3. The number of Topliss-reactive ketones (excluding diaryl/α,β-unsaturated/α-hetero) is 1. The lowest BCUT2D eigenvalue weighted by Gasteiger charge is -2.02. The van der Waals surface area contributed by atoms with Crippen molar-refractivity contribution in [2.24, 2.45) is 0 Å². The van der Waals surface area contributed by atoms with Crippen molar-refractivity contribution in [1.29, 1.82) is 0 Å². The van der Waals surface area contributed by atoms with Crippen molar-refractivity contribution in [1.82, 2.24) is 14.8 Å². The summed E-state index contributed by atoms with van der Waals surface area (Å²) in [7, 11) is 0. The Bertz CT molecular complexity index is 575. The van der Waals surface area contributed by atoms with Crippen LogP contribution in [0.15, 0.2) is 18.5 Å². The summed E-state index contributed by atoms with van der Waals surface area (Å²) in [5, 5.41) is 16.5. The van der Waals surface area contributed by atoms with E-state index in [0.717, 1.165) is 24.3 Å². The minimum absolute atomic E-state index is 0.173. The summed E-state index contributed by atoms with van der Waals surface area (Å²) < 4.78 is 1.81. The maximum atomic E-state index is 11.3. The van der Waals surface area contributed by atoms with Crippen LogP contribution in [-0.4, -0.2) is 38.2 Å². The number of aromatic nitrogens is 3. The highest BCUT2D eigenvalue weighted by Crippen LogP contribution is 2.23. The van der Waals surface area contributed by atoms with Crippen molar-refractivity contribution in [3.8, 4) is 0 Å². The Balaban J connectivity index is 1.91. The molecular weight excluding hydrogens is 280 g/mol. The second-order valence-corrected chi connectivity index (χ2v) is 5.11. The lowest BCUT2D eigenvalue weighted by atomic mass is 10.3. The van der Waals surface area contributed by atoms with E-state index in [1.807, 2.05) is 16.9 Å². The van der Waals surface area contributed by atoms with E-state index >= 15 is 0 Å². The van der Waals surface area contributed by atoms with Crippen LogP contribution in [0.4, 0.5) is 5.13 Å². The molecule has 2 rings (SSSR count). The van der Waals surface area contributed by atoms with Gasteiger partial charge in [-0.3, -0.25) is 9.48 Å². The summed E-state index contributed by atoms with van der Waals surface area (Å²) in [6.07, 6.45) is 4.41. The molecule has 2 aromatic rings. The normalized spacial score (nSPS) is 10.4. The van der Waals surface area contributed by atoms with Gasteiger partial charge in [-0.1, -0.05) is 11.3 Å². The fourth-order valence-corrected chi connectivity index (χ4v) is 2.53. The Hall–Kier alpha value is -2.22. The van der Waals surface area contributed by atoms with Gasteiger partial charge in [-0.25, -0.2) is 9.78 Å². The van der Waals surface area contributed by atoms with Gasteiger partial charge in [0.1, 0.15) is 4.88 Å². The first-order chi connectivity index (χ1) is 9.58. The molecule has 0 atom stereocenters. The van der Waals surface area contributed by atoms with Crippen LogP contribution >= 0.6 is 11.3 Å². The number of carbonyl (C=O) groups excluding carboxylic acids is 1. The molecule has 2 aromatic heterocycles. The zero-order chi connectivity index (χ0) is 14.5. The number of nitrogens with one attached hydrogen (secondary N) is 1. The number of hydrogen-bond acceptors (Lipinski definition) is 6. The molecule has 0 aliphatic rings. The van der Waals surface area contributed by atoms with Gasteiger partial charge >= 0.3 is 5.97 Å². The van der Waals surface area contributed by atoms with Crippen LogP contribution in [0.3, 0.4) is 0 Å². The monoisotopic (exact) mass is 294 g/mol. The highest BCUT2D eigenvalue weighted by molar-refractivity contribution is 7.17. The molecule has 20 heavy (non-hydrogen) atoms. The zero-order valence-electron chi connectivity index (χ0n) is 10.9. The van der Waals surface area contributed by atoms with Crippen LogP contribution in [0.5, 0.6) is 0 Å². The van der Waals surface area contributed by atoms with E-state index < -0.39 is 5.97 Å². The first-order valence-electron chi connectivity index (χ1n) is 6.04. The molecule has 0 saturated carbocycles. The number of anilines is 1. The fraction of sp³-hybridized carbons (Fsp3) is 0.333. The third-order valence-corrected chi connectivity index (χ3v) is 3.66. The number of ketones is 1. The van der Waals surface area contributed by atoms with Crippen LogP contribution in [0.25, 0.3) is 0 Å². The number of carbonyl (C=O) groups is 2. The van der Waals surface area contributed by atoms with Crippen molar-refractivity contribution in [3.63, 3.8) is 0 Å². The molecule has 7 nitrogen and oxygen atoms in total. The molecule has 0 aliphatic heterocycles. The summed E-state index contributed by atoms with van der Waals surface area (Å²) in [5.41, 5.74) is -0.183. The van der Waals surface area contributed by atoms with Gasteiger partial charge in [0.2, 0.25) is 0 Å². The van der Waals surface area contributed by atoms with Gasteiger partial charge in [0, 0.05) is 32.4 Å². The van der Waals surface area contributed by atoms with E-state index in [4.69, 9.17) is 5.11 Å². The minimum Gasteiger partial charge on any atom is -0.476 e. The van der Waals surface area contributed by atoms with Crippen molar-refractivity contribution < 1.29 is 14.7 Å². The lowest BCUT2D eigenvalue weighted by Crippen LogP contribution is -2.07. The van der Waals surface area contributed by atoms with Crippen LogP contribution in [-0.2, 0) is 6.54 Å². The molecule has 0 radical (unpaired) electrons. The predicted octanol–water partition coefficient (Wildman–Crippen LogP) is 1.74. The highest BCUT2D eigenvalue weighted by Gasteiger charge is 2.20. The van der Waals surface area contributed by atoms with E-state index in [2.05, 4.69) is 15.4 Å². The standard InChI is InChI=1S/C12H14N4O3S/c1-8(17)10-9(11(18)19)15-12(20-10)13-4-2-6-16-7-3-5-14-16/h3,5,7H,2,4,6H2,1H3,(H,13,15)(H,18,19). The van der Waals surface area contributed by atoms with Crippen LogP contribution < -0.4 is 5.32 Å². The summed E-state index contributed by atoms with van der Waals surface area (Å²) in [5.74, 6) is -1.47. The van der Waals surface area contributed by atoms with E-state index in [0.29, 0.717) is 11.7 Å². The number of rotatable bonds is 7. The number of nitrogens with zero attached hydrogens (tertiary/aromatic N) is 3. The van der Waals surface area contributed by atoms with Crippen LogP contribution in [0, 0.1) is 0 Å². The average molecular weight is 294 g/mol. The lowest BCUT2D eigenvalue weighted by molar-refractivity contribution is 0.0687. The molecule has 0 unspecified atom stereocenters. The van der Waals surface area contributed by atoms with Gasteiger partial charge in [0.15, 0.2) is 16.6 Å². The van der Waals surface area contributed by atoms with E-state index in [-0.39, 0.29) is 16.4 Å². The Morgan fingerprint density at radius 1 is 1.50 bits per heavy atom. The Morgan fingerprint density at radius 3 is 2.85 bits per heavy atom. The molecule has 0 aromatic carbocycles. The number of thiazole rings is 1. The molecule has 0 amide bonds. The van der Waals surface area contributed by atoms with Crippen molar-refractivity contribution >= 4 is 28.2 Å². The molecule has 0 saturated heterocycles. The maximum Gasteiger partial charge on any atom is 0.356 e. The first kappa shape index (κ1) is 14.2. The zero-order valence-corrected chi connectivity index (χ0v) is 11.7. The first-order valence-corrected chi connectivity index (χ1v) is 6.86. The quantitative estimate of drug-likeness (QED) is 0.596. The van der Waals surface area contributed by atoms with E-state index in [1.165, 1.54) is 6.92 Å². The molecule has 0 bridgehead atoms. The summed E-state index contributed by atoms with van der Waals surface area (Å²) >= 11 is 1.07. The largest absolute Gasteiger partial charge is 0.476 e. The number of aryl methyl sites for hydroxylation is 1. The third kappa shape index (κ3) is 3.41. The molecule has 0 spiro atoms. The van der Waals surface area contributed by atoms with Crippen molar-refractivity contribution in [2.75, 3.05) is 11.9 Å². The van der Waals surface area contributed by atoms with Gasteiger partial charge in [0.25, 0.3) is 0 Å². The smallest absolute Gasteiger partial charge is 0.356 e. The molecule has 0 fully saturated rings. The van der Waals surface area contributed by atoms with Gasteiger partial charge in [0.05, 0.1) is 0 Å². The predicted molar refractivity (Wildman–Crippen MR) is 74.4 cm³/mol. The summed E-state index contributed by atoms with van der Waals surface area (Å²) in [4.78, 5) is 26.4. The second-order valence-electron chi connectivity index (χ2n) is 4.11. The highest BCUT2D eigenvalue weighted by atomic mass is 32.1. The van der Waals surface area contributed by atoms with E-state index in [1.54, 1.807) is 6.20 Å². The fourth-order valence-electron chi connectivity index (χ4n) is 1.65. The average Bonchev–Trinajstić information content (AvgIpc) is 3.04. The number of hydrogen-bond donors (Lipinski definition) is 2. The molecule has 0 aliphatic carbocycles. The van der Waals surface area contributed by atoms with Crippen LogP contribution in [0.1, 0.15) is 33.5 Å². The Morgan fingerprint density at radius 2 is 2.30 bits per heavy atom. The van der Waals surface area contributed by atoms with Gasteiger partial charge in [-0.05, 0) is 12.5 Å². The molecular formula is C12H14N4O3S. The second kappa shape index (κ2) is 6.29. The summed E-state index contributed by atoms with van der Waals surface area (Å²) in [6, 6.07) is 1.85. The third-order valence-electron chi connectivity index (χ3n) is 2.55. The Labute approximate surface area is 119 Å². The van der Waals surface area contributed by atoms with E-state index in [9.17, 15) is 9.59 Å². The molecule has 2 heterocycles. The number of carboxylic acids is 1. The van der Waals surface area contributed by atoms with Crippen molar-refractivity contribution in [3.05, 3.63) is 29.0 Å². The Kier molecular flexibility index (Phi) is 4.46. The van der Waals surface area contributed by atoms with Crippen molar-refractivity contribution in [2.45, 2.75) is 19.9 Å². The number of carboxylic acid groups (broad SMARTS) is 1. The molecule has 8 heteroatoms. The topological polar surface area (TPSA) is 97.1 Å². The van der Waals surface area contributed by atoms with Gasteiger partial charge in [-0.2, -0.15) is 5.10 Å². The van der Waals surface area contributed by atoms with Crippen LogP contribution in [0.2, 0.25) is 0 Å². The molecule has 2 N–H and O–H groups in total. The minimum atomic E-state index is -1.18. The number of aromatic carboxylic acids is 1. The summed E-state index contributed by atoms with van der Waals surface area (Å²) in [6.45, 7) is 2.72. The molecule has 106 valence electrons. The van der Waals surface area contributed by atoms with Gasteiger partial charge < -0.3 is 10.4 Å². The SMILES string of the molecule is CC(=O)c1sc(NCCCn2cccn2)nc1C(=O)O. The van der Waals surface area contributed by atoms with Gasteiger partial charge in [-0.15, -0.1) is 0 Å².